The highest BCUT2D eigenvalue weighted by Crippen LogP contribution is 2.23. The molecule has 1 amide bonds. The quantitative estimate of drug-likeness (QED) is 0.724. The largest absolute Gasteiger partial charge is 0.493 e. The summed E-state index contributed by atoms with van der Waals surface area (Å²) in [5.41, 5.74) is 0.362. The van der Waals surface area contributed by atoms with Crippen LogP contribution in [-0.2, 0) is 4.79 Å². The summed E-state index contributed by atoms with van der Waals surface area (Å²) in [6, 6.07) is 4.86. The molecule has 1 aromatic carbocycles. The van der Waals surface area contributed by atoms with Crippen LogP contribution in [0.2, 0.25) is 5.02 Å². The summed E-state index contributed by atoms with van der Waals surface area (Å²) in [5, 5.41) is 11.6. The molecule has 0 heterocycles. The lowest BCUT2D eigenvalue weighted by molar-refractivity contribution is -0.137. The van der Waals surface area contributed by atoms with Crippen molar-refractivity contribution in [3.8, 4) is 5.75 Å². The van der Waals surface area contributed by atoms with E-state index >= 15 is 0 Å². The zero-order valence-corrected chi connectivity index (χ0v) is 12.1. The first-order valence-electron chi connectivity index (χ1n) is 6.47. The minimum atomic E-state index is -0.881. The number of carbonyl (C=O) groups is 2. The minimum Gasteiger partial charge on any atom is -0.493 e. The number of ether oxygens (including phenoxy) is 1. The van der Waals surface area contributed by atoms with Gasteiger partial charge in [-0.1, -0.05) is 18.5 Å². The van der Waals surface area contributed by atoms with Crippen molar-refractivity contribution < 1.29 is 19.4 Å². The van der Waals surface area contributed by atoms with Crippen molar-refractivity contribution in [1.29, 1.82) is 0 Å². The fourth-order valence-electron chi connectivity index (χ4n) is 1.55. The van der Waals surface area contributed by atoms with Crippen molar-refractivity contribution >= 4 is 23.5 Å². The first-order chi connectivity index (χ1) is 9.54. The molecule has 0 spiro atoms. The van der Waals surface area contributed by atoms with Gasteiger partial charge in [0.05, 0.1) is 12.2 Å². The normalized spacial score (nSPS) is 10.1. The maximum absolute atomic E-state index is 12.0. The molecule has 0 aliphatic carbocycles. The van der Waals surface area contributed by atoms with E-state index in [0.29, 0.717) is 35.9 Å². The molecule has 0 aliphatic heterocycles. The summed E-state index contributed by atoms with van der Waals surface area (Å²) < 4.78 is 5.49. The molecule has 0 saturated carbocycles. The second kappa shape index (κ2) is 8.43. The molecule has 0 aromatic heterocycles. The Morgan fingerprint density at radius 1 is 1.40 bits per heavy atom. The monoisotopic (exact) mass is 299 g/mol. The van der Waals surface area contributed by atoms with Gasteiger partial charge in [-0.05, 0) is 31.0 Å². The molecule has 0 bridgehead atoms. The molecule has 0 atom stereocenters. The molecular formula is C14H18ClNO4. The van der Waals surface area contributed by atoms with Crippen molar-refractivity contribution in [2.45, 2.75) is 26.2 Å². The van der Waals surface area contributed by atoms with Crippen LogP contribution in [0.5, 0.6) is 5.75 Å². The van der Waals surface area contributed by atoms with Crippen LogP contribution in [0, 0.1) is 0 Å². The molecule has 5 nitrogen and oxygen atoms in total. The van der Waals surface area contributed by atoms with Crippen LogP contribution in [0.3, 0.4) is 0 Å². The Morgan fingerprint density at radius 2 is 2.15 bits per heavy atom. The van der Waals surface area contributed by atoms with E-state index in [2.05, 4.69) is 5.32 Å². The van der Waals surface area contributed by atoms with Gasteiger partial charge < -0.3 is 15.2 Å². The molecule has 20 heavy (non-hydrogen) atoms. The fourth-order valence-corrected chi connectivity index (χ4v) is 1.73. The maximum Gasteiger partial charge on any atom is 0.303 e. The first kappa shape index (κ1) is 16.3. The molecule has 0 fully saturated rings. The maximum atomic E-state index is 12.0. The molecule has 0 aliphatic rings. The predicted molar refractivity (Wildman–Crippen MR) is 76.4 cm³/mol. The zero-order chi connectivity index (χ0) is 15.0. The fraction of sp³-hybridized carbons (Fsp3) is 0.429. The summed E-state index contributed by atoms with van der Waals surface area (Å²) in [6.07, 6.45) is 1.24. The topological polar surface area (TPSA) is 75.6 Å². The summed E-state index contributed by atoms with van der Waals surface area (Å²) in [7, 11) is 0. The number of rotatable bonds is 8. The average molecular weight is 300 g/mol. The third-order valence-electron chi connectivity index (χ3n) is 2.50. The highest BCUT2D eigenvalue weighted by Gasteiger charge is 2.13. The van der Waals surface area contributed by atoms with Crippen LogP contribution >= 0.6 is 11.6 Å². The number of hydrogen-bond acceptors (Lipinski definition) is 3. The number of hydrogen-bond donors (Lipinski definition) is 2. The van der Waals surface area contributed by atoms with Crippen molar-refractivity contribution in [2.24, 2.45) is 0 Å². The van der Waals surface area contributed by atoms with Crippen LogP contribution in [0.25, 0.3) is 0 Å². The van der Waals surface area contributed by atoms with Gasteiger partial charge in [-0.15, -0.1) is 0 Å². The van der Waals surface area contributed by atoms with E-state index < -0.39 is 5.97 Å². The summed E-state index contributed by atoms with van der Waals surface area (Å²) >= 11 is 5.88. The summed E-state index contributed by atoms with van der Waals surface area (Å²) in [6.45, 7) is 2.79. The highest BCUT2D eigenvalue weighted by molar-refractivity contribution is 6.31. The van der Waals surface area contributed by atoms with Crippen molar-refractivity contribution in [2.75, 3.05) is 13.2 Å². The lowest BCUT2D eigenvalue weighted by Crippen LogP contribution is -2.25. The van der Waals surface area contributed by atoms with Crippen LogP contribution in [0.15, 0.2) is 18.2 Å². The molecule has 1 rings (SSSR count). The van der Waals surface area contributed by atoms with E-state index in [-0.39, 0.29) is 12.3 Å². The second-order valence-electron chi connectivity index (χ2n) is 4.24. The minimum absolute atomic E-state index is 0.0228. The van der Waals surface area contributed by atoms with Crippen molar-refractivity contribution in [3.05, 3.63) is 28.8 Å². The molecular weight excluding hydrogens is 282 g/mol. The average Bonchev–Trinajstić information content (AvgIpc) is 2.41. The van der Waals surface area contributed by atoms with E-state index in [4.69, 9.17) is 21.4 Å². The van der Waals surface area contributed by atoms with Crippen LogP contribution < -0.4 is 10.1 Å². The van der Waals surface area contributed by atoms with E-state index in [1.54, 1.807) is 18.2 Å². The Hall–Kier alpha value is -1.75. The summed E-state index contributed by atoms with van der Waals surface area (Å²) in [4.78, 5) is 22.4. The first-order valence-corrected chi connectivity index (χ1v) is 6.84. The van der Waals surface area contributed by atoms with Crippen molar-refractivity contribution in [1.82, 2.24) is 5.32 Å². The van der Waals surface area contributed by atoms with E-state index in [1.807, 2.05) is 6.92 Å². The Kier molecular flexibility index (Phi) is 6.87. The molecule has 1 aromatic rings. The van der Waals surface area contributed by atoms with Gasteiger partial charge in [-0.2, -0.15) is 0 Å². The van der Waals surface area contributed by atoms with Crippen molar-refractivity contribution in [3.63, 3.8) is 0 Å². The van der Waals surface area contributed by atoms with E-state index in [9.17, 15) is 9.59 Å². The van der Waals surface area contributed by atoms with E-state index in [0.717, 1.165) is 6.42 Å². The molecule has 6 heteroatoms. The van der Waals surface area contributed by atoms with Gasteiger partial charge in [0.2, 0.25) is 0 Å². The lowest BCUT2D eigenvalue weighted by Gasteiger charge is -2.11. The van der Waals surface area contributed by atoms with Crippen LogP contribution in [-0.4, -0.2) is 30.1 Å². The van der Waals surface area contributed by atoms with Gasteiger partial charge >= 0.3 is 5.97 Å². The van der Waals surface area contributed by atoms with Gasteiger partial charge in [0, 0.05) is 18.0 Å². The molecule has 0 radical (unpaired) electrons. The van der Waals surface area contributed by atoms with Crippen LogP contribution in [0.4, 0.5) is 0 Å². The summed E-state index contributed by atoms with van der Waals surface area (Å²) in [5.74, 6) is -0.718. The third kappa shape index (κ3) is 5.48. The number of carboxylic acids is 1. The second-order valence-corrected chi connectivity index (χ2v) is 4.68. The number of carboxylic acid groups (broad SMARTS) is 1. The Labute approximate surface area is 122 Å². The molecule has 2 N–H and O–H groups in total. The van der Waals surface area contributed by atoms with Gasteiger partial charge in [0.25, 0.3) is 5.91 Å². The molecule has 110 valence electrons. The smallest absolute Gasteiger partial charge is 0.303 e. The predicted octanol–water partition coefficient (Wildman–Crippen LogP) is 2.72. The van der Waals surface area contributed by atoms with Gasteiger partial charge in [0.1, 0.15) is 5.75 Å². The lowest BCUT2D eigenvalue weighted by atomic mass is 10.2. The number of halogens is 1. The Morgan fingerprint density at radius 3 is 2.80 bits per heavy atom. The number of amides is 1. The Bertz CT molecular complexity index is 476. The number of aliphatic carboxylic acids is 1. The van der Waals surface area contributed by atoms with Gasteiger partial charge in [-0.25, -0.2) is 0 Å². The van der Waals surface area contributed by atoms with E-state index in [1.165, 1.54) is 0 Å². The Balaban J connectivity index is 2.65. The third-order valence-corrected chi connectivity index (χ3v) is 2.74. The highest BCUT2D eigenvalue weighted by atomic mass is 35.5. The number of benzene rings is 1. The number of carbonyl (C=O) groups excluding carboxylic acids is 1. The molecule has 0 unspecified atom stereocenters. The van der Waals surface area contributed by atoms with Crippen LogP contribution in [0.1, 0.15) is 36.5 Å². The number of nitrogens with one attached hydrogen (secondary N) is 1. The SMILES string of the molecule is CCCOc1ccc(Cl)cc1C(=O)NCCCC(=O)O. The zero-order valence-electron chi connectivity index (χ0n) is 11.3. The standard InChI is InChI=1S/C14H18ClNO4/c1-2-8-20-12-6-5-10(15)9-11(12)14(19)16-7-3-4-13(17)18/h5-6,9H,2-4,7-8H2,1H3,(H,16,19)(H,17,18). The van der Waals surface area contributed by atoms with Gasteiger partial charge in [-0.3, -0.25) is 9.59 Å². The van der Waals surface area contributed by atoms with Gasteiger partial charge in [0.15, 0.2) is 0 Å². The molecule has 0 saturated heterocycles.